The van der Waals surface area contributed by atoms with Crippen molar-refractivity contribution in [3.63, 3.8) is 0 Å². The third-order valence-electron chi connectivity index (χ3n) is 4.81. The Morgan fingerprint density at radius 1 is 0.893 bits per heavy atom. The lowest BCUT2D eigenvalue weighted by Gasteiger charge is -2.08. The summed E-state index contributed by atoms with van der Waals surface area (Å²) in [6.45, 7) is 0. The fourth-order valence-electron chi connectivity index (χ4n) is 3.30. The first-order valence-electron chi connectivity index (χ1n) is 9.26. The van der Waals surface area contributed by atoms with Crippen molar-refractivity contribution in [2.24, 2.45) is 17.2 Å². The van der Waals surface area contributed by atoms with Crippen molar-refractivity contribution in [1.29, 1.82) is 0 Å². The molecule has 0 fully saturated rings. The molecule has 6 N–H and O–H groups in total. The lowest BCUT2D eigenvalue weighted by Crippen LogP contribution is -2.20. The maximum Gasteiger partial charge on any atom is 0.0784 e. The second kappa shape index (κ2) is 7.98. The molecule has 0 amide bonds. The van der Waals surface area contributed by atoms with Crippen LogP contribution >= 0.6 is 11.3 Å². The maximum absolute atomic E-state index is 6.20. The smallest absolute Gasteiger partial charge is 0.0784 e. The van der Waals surface area contributed by atoms with E-state index in [0.717, 1.165) is 17.5 Å². The topological polar surface area (TPSA) is 78.1 Å². The van der Waals surface area contributed by atoms with Gasteiger partial charge in [-0.3, -0.25) is 0 Å². The molecular weight excluding hydrogens is 362 g/mol. The van der Waals surface area contributed by atoms with Crippen LogP contribution in [0.4, 0.5) is 0 Å². The molecule has 4 aromatic rings. The Bertz CT molecular complexity index is 1180. The Morgan fingerprint density at radius 3 is 2.57 bits per heavy atom. The standard InChI is InChI=1S/C24H23N3S/c25-21(17-7-5-8-18(15-17)24(26)27)10-3-1-6-16-12-13-23-20(14-16)19-9-2-4-11-22(19)28-23/h1-5,7-15,24H,6,25-27H2/b3-1-,21-10-. The molecule has 0 spiro atoms. The molecule has 4 heteroatoms. The highest BCUT2D eigenvalue weighted by molar-refractivity contribution is 7.25. The third-order valence-corrected chi connectivity index (χ3v) is 5.96. The van der Waals surface area contributed by atoms with E-state index in [4.69, 9.17) is 17.2 Å². The number of nitrogens with two attached hydrogens (primary N) is 3. The van der Waals surface area contributed by atoms with Gasteiger partial charge in [0, 0.05) is 25.9 Å². The number of fused-ring (bicyclic) bond motifs is 3. The second-order valence-corrected chi connectivity index (χ2v) is 7.92. The van der Waals surface area contributed by atoms with Gasteiger partial charge in [0.05, 0.1) is 6.17 Å². The first kappa shape index (κ1) is 18.4. The van der Waals surface area contributed by atoms with E-state index in [1.54, 1.807) is 0 Å². The number of hydrogen-bond donors (Lipinski definition) is 3. The summed E-state index contributed by atoms with van der Waals surface area (Å²) in [7, 11) is 0. The van der Waals surface area contributed by atoms with Crippen molar-refractivity contribution in [3.05, 3.63) is 102 Å². The van der Waals surface area contributed by atoms with Gasteiger partial charge in [0.25, 0.3) is 0 Å². The molecule has 0 aliphatic rings. The molecule has 3 aromatic carbocycles. The van der Waals surface area contributed by atoms with Crippen LogP contribution in [0.15, 0.2) is 85.0 Å². The monoisotopic (exact) mass is 385 g/mol. The quantitative estimate of drug-likeness (QED) is 0.331. The largest absolute Gasteiger partial charge is 0.398 e. The van der Waals surface area contributed by atoms with E-state index in [0.29, 0.717) is 5.70 Å². The molecule has 0 aliphatic carbocycles. The molecular formula is C24H23N3S. The van der Waals surface area contributed by atoms with Gasteiger partial charge in [-0.05, 0) is 53.5 Å². The third kappa shape index (κ3) is 3.85. The number of benzene rings is 3. The predicted molar refractivity (Wildman–Crippen MR) is 122 cm³/mol. The minimum absolute atomic E-state index is 0.494. The summed E-state index contributed by atoms with van der Waals surface area (Å²) in [6, 6.07) is 23.0. The summed E-state index contributed by atoms with van der Waals surface area (Å²) in [5, 5.41) is 2.66. The van der Waals surface area contributed by atoms with E-state index in [-0.39, 0.29) is 0 Å². The van der Waals surface area contributed by atoms with Crippen molar-refractivity contribution < 1.29 is 0 Å². The highest BCUT2D eigenvalue weighted by Gasteiger charge is 2.05. The number of allylic oxidation sites excluding steroid dienone is 3. The second-order valence-electron chi connectivity index (χ2n) is 6.83. The van der Waals surface area contributed by atoms with Gasteiger partial charge in [-0.2, -0.15) is 0 Å². The van der Waals surface area contributed by atoms with Crippen LogP contribution in [0.2, 0.25) is 0 Å². The van der Waals surface area contributed by atoms with E-state index < -0.39 is 6.17 Å². The highest BCUT2D eigenvalue weighted by Crippen LogP contribution is 2.34. The maximum atomic E-state index is 6.20. The van der Waals surface area contributed by atoms with Gasteiger partial charge in [0.1, 0.15) is 0 Å². The van der Waals surface area contributed by atoms with Crippen molar-refractivity contribution >= 4 is 37.2 Å². The van der Waals surface area contributed by atoms with Gasteiger partial charge in [-0.25, -0.2) is 0 Å². The van der Waals surface area contributed by atoms with Crippen LogP contribution in [-0.2, 0) is 6.42 Å². The summed E-state index contributed by atoms with van der Waals surface area (Å²) >= 11 is 1.84. The minimum atomic E-state index is -0.494. The van der Waals surface area contributed by atoms with Gasteiger partial charge in [-0.15, -0.1) is 11.3 Å². The zero-order valence-corrected chi connectivity index (χ0v) is 16.3. The first-order valence-corrected chi connectivity index (χ1v) is 10.1. The van der Waals surface area contributed by atoms with Crippen LogP contribution in [0.25, 0.3) is 25.9 Å². The number of hydrogen-bond acceptors (Lipinski definition) is 4. The molecule has 0 unspecified atom stereocenters. The average molecular weight is 386 g/mol. The zero-order valence-electron chi connectivity index (χ0n) is 15.5. The van der Waals surface area contributed by atoms with Crippen molar-refractivity contribution in [3.8, 4) is 0 Å². The van der Waals surface area contributed by atoms with E-state index in [2.05, 4.69) is 48.5 Å². The Morgan fingerprint density at radius 2 is 1.71 bits per heavy atom. The van der Waals surface area contributed by atoms with Crippen LogP contribution in [0.5, 0.6) is 0 Å². The Kier molecular flexibility index (Phi) is 5.26. The molecule has 140 valence electrons. The molecule has 1 heterocycles. The van der Waals surface area contributed by atoms with Gasteiger partial charge in [-0.1, -0.05) is 54.6 Å². The summed E-state index contributed by atoms with van der Waals surface area (Å²) in [5.41, 5.74) is 21.4. The Balaban J connectivity index is 1.50. The molecule has 0 radical (unpaired) electrons. The number of thiophene rings is 1. The summed E-state index contributed by atoms with van der Waals surface area (Å²) < 4.78 is 2.66. The van der Waals surface area contributed by atoms with Gasteiger partial charge >= 0.3 is 0 Å². The van der Waals surface area contributed by atoms with E-state index >= 15 is 0 Å². The summed E-state index contributed by atoms with van der Waals surface area (Å²) in [4.78, 5) is 0. The predicted octanol–water partition coefficient (Wildman–Crippen LogP) is 5.07. The molecule has 0 aliphatic heterocycles. The van der Waals surface area contributed by atoms with Crippen LogP contribution in [0.1, 0.15) is 22.9 Å². The molecule has 4 rings (SSSR count). The van der Waals surface area contributed by atoms with Gasteiger partial charge in [0.2, 0.25) is 0 Å². The van der Waals surface area contributed by atoms with Gasteiger partial charge in [0.15, 0.2) is 0 Å². The van der Waals surface area contributed by atoms with Crippen LogP contribution in [0.3, 0.4) is 0 Å². The lowest BCUT2D eigenvalue weighted by molar-refractivity contribution is 0.773. The van der Waals surface area contributed by atoms with Crippen LogP contribution in [-0.4, -0.2) is 0 Å². The average Bonchev–Trinajstić information content (AvgIpc) is 3.09. The summed E-state index contributed by atoms with van der Waals surface area (Å²) in [5.74, 6) is 0. The molecule has 28 heavy (non-hydrogen) atoms. The summed E-state index contributed by atoms with van der Waals surface area (Å²) in [6.07, 6.45) is 6.41. The van der Waals surface area contributed by atoms with Crippen molar-refractivity contribution in [1.82, 2.24) is 0 Å². The molecule has 1 aromatic heterocycles. The van der Waals surface area contributed by atoms with Crippen molar-refractivity contribution in [2.45, 2.75) is 12.6 Å². The molecule has 3 nitrogen and oxygen atoms in total. The first-order chi connectivity index (χ1) is 13.6. The Hall–Kier alpha value is -2.92. The molecule has 0 saturated carbocycles. The van der Waals surface area contributed by atoms with Crippen LogP contribution in [0, 0.1) is 0 Å². The normalized spacial score (nSPS) is 12.6. The van der Waals surface area contributed by atoms with Crippen LogP contribution < -0.4 is 17.2 Å². The fraction of sp³-hybridized carbons (Fsp3) is 0.0833. The fourth-order valence-corrected chi connectivity index (χ4v) is 4.38. The van der Waals surface area contributed by atoms with Gasteiger partial charge < -0.3 is 17.2 Å². The Labute approximate surface area is 168 Å². The molecule has 0 bridgehead atoms. The number of rotatable bonds is 5. The molecule has 0 atom stereocenters. The minimum Gasteiger partial charge on any atom is -0.398 e. The zero-order chi connectivity index (χ0) is 19.5. The molecule has 0 saturated heterocycles. The highest BCUT2D eigenvalue weighted by atomic mass is 32.1. The lowest BCUT2D eigenvalue weighted by atomic mass is 10.1. The van der Waals surface area contributed by atoms with E-state index in [9.17, 15) is 0 Å². The SMILES string of the molecule is N/C(=C\C=C/Cc1ccc2sc3ccccc3c2c1)c1cccc(C(N)N)c1. The van der Waals surface area contributed by atoms with E-state index in [1.165, 1.54) is 25.7 Å². The van der Waals surface area contributed by atoms with Crippen molar-refractivity contribution in [2.75, 3.05) is 0 Å². The van der Waals surface area contributed by atoms with E-state index in [1.807, 2.05) is 47.8 Å².